The molecule has 2 amide bonds. The van der Waals surface area contributed by atoms with Gasteiger partial charge in [0.25, 0.3) is 11.8 Å². The van der Waals surface area contributed by atoms with Crippen LogP contribution in [0.2, 0.25) is 0 Å². The predicted octanol–water partition coefficient (Wildman–Crippen LogP) is 4.71. The van der Waals surface area contributed by atoms with Crippen molar-refractivity contribution in [1.29, 1.82) is 0 Å². The number of amides is 2. The third-order valence-electron chi connectivity index (χ3n) is 6.98. The molecule has 0 radical (unpaired) electrons. The van der Waals surface area contributed by atoms with Crippen LogP contribution >= 0.6 is 0 Å². The summed E-state index contributed by atoms with van der Waals surface area (Å²) in [4.78, 5) is 37.4. The number of rotatable bonds is 6. The summed E-state index contributed by atoms with van der Waals surface area (Å²) in [7, 11) is 0. The number of carbonyl (C=O) groups is 2. The Morgan fingerprint density at radius 2 is 1.78 bits per heavy atom. The molecule has 1 atom stereocenters. The Morgan fingerprint density at radius 3 is 2.46 bits per heavy atom. The van der Waals surface area contributed by atoms with E-state index in [0.29, 0.717) is 23.1 Å². The second kappa shape index (κ2) is 10.4. The van der Waals surface area contributed by atoms with Crippen LogP contribution in [0.3, 0.4) is 0 Å². The molecule has 0 saturated heterocycles. The van der Waals surface area contributed by atoms with E-state index in [1.54, 1.807) is 37.3 Å². The minimum atomic E-state index is -4.64. The molecule has 41 heavy (non-hydrogen) atoms. The molecule has 4 aromatic rings. The van der Waals surface area contributed by atoms with E-state index < -0.39 is 35.3 Å². The fourth-order valence-corrected chi connectivity index (χ4v) is 4.88. The minimum Gasteiger partial charge on any atom is -0.347 e. The summed E-state index contributed by atoms with van der Waals surface area (Å²) >= 11 is 0. The summed E-state index contributed by atoms with van der Waals surface area (Å²) in [5.41, 5.74) is 2.77. The second-order valence-corrected chi connectivity index (χ2v) is 10.5. The summed E-state index contributed by atoms with van der Waals surface area (Å²) < 4.78 is 52.3. The number of halogens is 4. The highest BCUT2D eigenvalue weighted by molar-refractivity contribution is 5.97. The van der Waals surface area contributed by atoms with E-state index >= 15 is 0 Å². The molecule has 0 unspecified atom stereocenters. The van der Waals surface area contributed by atoms with Gasteiger partial charge in [0.15, 0.2) is 5.82 Å². The molecule has 5 rings (SSSR count). The van der Waals surface area contributed by atoms with Crippen LogP contribution in [0.15, 0.2) is 48.8 Å². The quantitative estimate of drug-likeness (QED) is 0.290. The lowest BCUT2D eigenvalue weighted by Gasteiger charge is -2.28. The van der Waals surface area contributed by atoms with Crippen molar-refractivity contribution < 1.29 is 27.2 Å². The molecule has 2 aromatic heterocycles. The smallest absolute Gasteiger partial charge is 0.347 e. The zero-order chi connectivity index (χ0) is 29.5. The number of H-pyrrole nitrogens is 1. The first-order valence-electron chi connectivity index (χ1n) is 12.6. The topological polar surface area (TPSA) is 126 Å². The Kier molecular flexibility index (Phi) is 7.05. The Labute approximate surface area is 231 Å². The Hall–Kier alpha value is -4.68. The van der Waals surface area contributed by atoms with Gasteiger partial charge in [0, 0.05) is 18.2 Å². The number of benzene rings is 2. The van der Waals surface area contributed by atoms with E-state index in [-0.39, 0.29) is 29.6 Å². The average molecular weight is 568 g/mol. The molecule has 13 heteroatoms. The monoisotopic (exact) mass is 567 g/mol. The van der Waals surface area contributed by atoms with Crippen LogP contribution in [0.5, 0.6) is 0 Å². The molecule has 2 heterocycles. The van der Waals surface area contributed by atoms with E-state index in [9.17, 15) is 27.2 Å². The highest BCUT2D eigenvalue weighted by atomic mass is 19.4. The summed E-state index contributed by atoms with van der Waals surface area (Å²) in [5, 5.41) is 11.3. The number of nitrogens with zero attached hydrogens (tertiary/aromatic N) is 4. The summed E-state index contributed by atoms with van der Waals surface area (Å²) in [5.74, 6) is -2.64. The van der Waals surface area contributed by atoms with Crippen molar-refractivity contribution in [2.75, 3.05) is 0 Å². The van der Waals surface area contributed by atoms with Crippen molar-refractivity contribution in [2.45, 2.75) is 46.0 Å². The number of aromatic amines is 1. The van der Waals surface area contributed by atoms with Crippen LogP contribution in [-0.2, 0) is 19.1 Å². The molecule has 212 valence electrons. The fraction of sp³-hybridized carbons (Fsp3) is 0.286. The van der Waals surface area contributed by atoms with Crippen LogP contribution in [-0.4, -0.2) is 37.0 Å². The van der Waals surface area contributed by atoms with Gasteiger partial charge in [-0.15, -0.1) is 0 Å². The van der Waals surface area contributed by atoms with Gasteiger partial charge in [0.2, 0.25) is 5.82 Å². The van der Waals surface area contributed by atoms with Crippen molar-refractivity contribution in [3.63, 3.8) is 0 Å². The van der Waals surface area contributed by atoms with Crippen molar-refractivity contribution in [1.82, 2.24) is 35.8 Å². The molecule has 9 nitrogen and oxygen atoms in total. The average Bonchev–Trinajstić information content (AvgIpc) is 3.52. The molecular weight excluding hydrogens is 542 g/mol. The molecule has 3 N–H and O–H groups in total. The lowest BCUT2D eigenvalue weighted by Crippen LogP contribution is -2.36. The molecule has 0 saturated carbocycles. The van der Waals surface area contributed by atoms with Gasteiger partial charge in [-0.3, -0.25) is 14.7 Å². The van der Waals surface area contributed by atoms with E-state index in [1.165, 1.54) is 12.1 Å². The van der Waals surface area contributed by atoms with Crippen molar-refractivity contribution in [3.05, 3.63) is 94.1 Å². The maximum atomic E-state index is 13.5. The Bertz CT molecular complexity index is 1650. The van der Waals surface area contributed by atoms with Crippen molar-refractivity contribution in [2.24, 2.45) is 5.41 Å². The van der Waals surface area contributed by atoms with E-state index in [2.05, 4.69) is 30.7 Å². The van der Waals surface area contributed by atoms with E-state index in [0.717, 1.165) is 17.5 Å². The van der Waals surface area contributed by atoms with E-state index in [4.69, 9.17) is 0 Å². The third-order valence-corrected chi connectivity index (χ3v) is 6.98. The number of carbonyl (C=O) groups excluding carboxylic acids is 2. The summed E-state index contributed by atoms with van der Waals surface area (Å²) in [6.07, 6.45) is -2.97. The predicted molar refractivity (Wildman–Crippen MR) is 139 cm³/mol. The first-order valence-corrected chi connectivity index (χ1v) is 12.6. The SMILES string of the molecule is Cc1cc(CNC(=O)c2cc(C(=O)N[C@@H]3c4ccc(-c5n[nH]c(C(F)(F)F)n5)cc4CC3(C)C)ncn2)ccc1F. The van der Waals surface area contributed by atoms with Crippen LogP contribution < -0.4 is 10.6 Å². The zero-order valence-electron chi connectivity index (χ0n) is 22.2. The van der Waals surface area contributed by atoms with Crippen LogP contribution in [0.4, 0.5) is 17.6 Å². The molecular formula is C28H25F4N7O2. The normalized spacial score (nSPS) is 15.8. The number of aromatic nitrogens is 5. The molecule has 0 spiro atoms. The van der Waals surface area contributed by atoms with Gasteiger partial charge in [-0.2, -0.15) is 18.3 Å². The first kappa shape index (κ1) is 27.9. The number of fused-ring (bicyclic) bond motifs is 1. The number of alkyl halides is 3. The van der Waals surface area contributed by atoms with Gasteiger partial charge in [-0.1, -0.05) is 38.1 Å². The van der Waals surface area contributed by atoms with Crippen LogP contribution in [0.25, 0.3) is 11.4 Å². The zero-order valence-corrected chi connectivity index (χ0v) is 22.2. The summed E-state index contributed by atoms with van der Waals surface area (Å²) in [6, 6.07) is 10.4. The molecule has 0 bridgehead atoms. The highest BCUT2D eigenvalue weighted by Gasteiger charge is 2.41. The number of hydrogen-bond acceptors (Lipinski definition) is 6. The van der Waals surface area contributed by atoms with Crippen LogP contribution in [0, 0.1) is 18.2 Å². The number of aryl methyl sites for hydroxylation is 1. The van der Waals surface area contributed by atoms with Crippen LogP contribution in [0.1, 0.15) is 68.9 Å². The molecule has 1 aliphatic rings. The van der Waals surface area contributed by atoms with Crippen molar-refractivity contribution >= 4 is 11.8 Å². The van der Waals surface area contributed by atoms with E-state index in [1.807, 2.05) is 18.9 Å². The summed E-state index contributed by atoms with van der Waals surface area (Å²) in [6.45, 7) is 5.69. The molecule has 2 aromatic carbocycles. The Morgan fingerprint density at radius 1 is 1.05 bits per heavy atom. The Balaban J connectivity index is 1.30. The first-order chi connectivity index (χ1) is 19.3. The molecule has 1 aliphatic carbocycles. The van der Waals surface area contributed by atoms with Gasteiger partial charge in [-0.05, 0) is 53.1 Å². The molecule has 0 aliphatic heterocycles. The standard InChI is InChI=1S/C28H25F4N7O2/c1-14-8-15(4-7-19(14)29)12-33-24(40)20-10-21(35-13-34-20)25(41)36-22-18-6-5-16(9-17(18)11-27(22,2)3)23-37-26(39-38-23)28(30,31)32/h4-10,13,22H,11-12H2,1-3H3,(H,33,40)(H,36,41)(H,37,38,39)/t22-/m1/s1. The highest BCUT2D eigenvalue weighted by Crippen LogP contribution is 2.46. The second-order valence-electron chi connectivity index (χ2n) is 10.5. The van der Waals surface area contributed by atoms with Crippen molar-refractivity contribution in [3.8, 4) is 11.4 Å². The minimum absolute atomic E-state index is 0.00978. The van der Waals surface area contributed by atoms with Gasteiger partial charge in [-0.25, -0.2) is 19.3 Å². The lowest BCUT2D eigenvalue weighted by atomic mass is 9.85. The maximum absolute atomic E-state index is 13.5. The fourth-order valence-electron chi connectivity index (χ4n) is 4.88. The van der Waals surface area contributed by atoms with Gasteiger partial charge in [0.1, 0.15) is 23.5 Å². The molecule has 0 fully saturated rings. The lowest BCUT2D eigenvalue weighted by molar-refractivity contribution is -0.144. The maximum Gasteiger partial charge on any atom is 0.451 e. The largest absolute Gasteiger partial charge is 0.451 e. The van der Waals surface area contributed by atoms with Gasteiger partial charge >= 0.3 is 6.18 Å². The van der Waals surface area contributed by atoms with Gasteiger partial charge < -0.3 is 10.6 Å². The number of nitrogens with one attached hydrogen (secondary N) is 3. The van der Waals surface area contributed by atoms with Gasteiger partial charge in [0.05, 0.1) is 6.04 Å². The number of hydrogen-bond donors (Lipinski definition) is 3. The third kappa shape index (κ3) is 5.79.